The van der Waals surface area contributed by atoms with Crippen LogP contribution in [0.15, 0.2) is 30.3 Å². The Hall–Kier alpha value is -2.90. The van der Waals surface area contributed by atoms with Crippen LogP contribution in [0.5, 0.6) is 0 Å². The average molecular weight is 377 g/mol. The lowest BCUT2D eigenvalue weighted by Crippen LogP contribution is -2.55. The molecule has 0 radical (unpaired) electrons. The Bertz CT molecular complexity index is 663. The molecule has 8 nitrogen and oxygen atoms in total. The Morgan fingerprint density at radius 1 is 1.11 bits per heavy atom. The Morgan fingerprint density at radius 2 is 1.74 bits per heavy atom. The average Bonchev–Trinajstić information content (AvgIpc) is 2.59. The molecule has 3 amide bonds. The van der Waals surface area contributed by atoms with Gasteiger partial charge in [0.15, 0.2) is 0 Å². The summed E-state index contributed by atoms with van der Waals surface area (Å²) in [5.74, 6) is -2.72. The fourth-order valence-electron chi connectivity index (χ4n) is 2.65. The second kappa shape index (κ2) is 10.9. The molecule has 27 heavy (non-hydrogen) atoms. The SMILES string of the molecule is CCOC(=O)C[C@@H](C)[C@H](NC(=O)[C@H](Cc1ccccc1)NC(C)=O)C(N)=O. The molecular formula is C19H27N3O5. The van der Waals surface area contributed by atoms with Gasteiger partial charge in [-0.2, -0.15) is 0 Å². The van der Waals surface area contributed by atoms with E-state index >= 15 is 0 Å². The minimum absolute atomic E-state index is 0.0643. The van der Waals surface area contributed by atoms with Crippen molar-refractivity contribution in [3.05, 3.63) is 35.9 Å². The van der Waals surface area contributed by atoms with Crippen LogP contribution in [-0.2, 0) is 30.3 Å². The van der Waals surface area contributed by atoms with Gasteiger partial charge in [0.25, 0.3) is 0 Å². The summed E-state index contributed by atoms with van der Waals surface area (Å²) in [6.07, 6.45) is 0.190. The second-order valence-electron chi connectivity index (χ2n) is 6.32. The highest BCUT2D eigenvalue weighted by molar-refractivity contribution is 5.91. The molecule has 0 unspecified atom stereocenters. The number of carbonyl (C=O) groups is 4. The lowest BCUT2D eigenvalue weighted by molar-refractivity contribution is -0.145. The normalized spacial score (nSPS) is 13.7. The van der Waals surface area contributed by atoms with Crippen LogP contribution in [0, 0.1) is 5.92 Å². The third-order valence-electron chi connectivity index (χ3n) is 3.94. The topological polar surface area (TPSA) is 128 Å². The summed E-state index contributed by atoms with van der Waals surface area (Å²) >= 11 is 0. The molecule has 0 aliphatic rings. The lowest BCUT2D eigenvalue weighted by atomic mass is 9.96. The van der Waals surface area contributed by atoms with E-state index in [0.29, 0.717) is 0 Å². The van der Waals surface area contributed by atoms with Crippen molar-refractivity contribution >= 4 is 23.7 Å². The Balaban J connectivity index is 2.86. The number of amides is 3. The van der Waals surface area contributed by atoms with Gasteiger partial charge in [-0.25, -0.2) is 0 Å². The molecule has 8 heteroatoms. The van der Waals surface area contributed by atoms with Gasteiger partial charge in [0.2, 0.25) is 17.7 Å². The van der Waals surface area contributed by atoms with Crippen molar-refractivity contribution < 1.29 is 23.9 Å². The van der Waals surface area contributed by atoms with Crippen LogP contribution in [0.2, 0.25) is 0 Å². The standard InChI is InChI=1S/C19H27N3O5/c1-4-27-16(24)10-12(2)17(18(20)25)22-19(26)15(21-13(3)23)11-14-8-6-5-7-9-14/h5-9,12,15,17H,4,10-11H2,1-3H3,(H2,20,25)(H,21,23)(H,22,26)/t12-,15+,17+/m1/s1. The molecule has 0 aliphatic carbocycles. The molecule has 148 valence electrons. The van der Waals surface area contributed by atoms with Crippen LogP contribution >= 0.6 is 0 Å². The maximum atomic E-state index is 12.7. The zero-order valence-electron chi connectivity index (χ0n) is 15.9. The lowest BCUT2D eigenvalue weighted by Gasteiger charge is -2.25. The van der Waals surface area contributed by atoms with Gasteiger partial charge in [-0.3, -0.25) is 19.2 Å². The van der Waals surface area contributed by atoms with E-state index in [2.05, 4.69) is 10.6 Å². The van der Waals surface area contributed by atoms with Gasteiger partial charge in [-0.1, -0.05) is 37.3 Å². The first-order chi connectivity index (χ1) is 12.7. The number of nitrogens with one attached hydrogen (secondary N) is 2. The number of ether oxygens (including phenoxy) is 1. The number of hydrogen-bond acceptors (Lipinski definition) is 5. The summed E-state index contributed by atoms with van der Waals surface area (Å²) in [5, 5.41) is 5.13. The molecule has 4 N–H and O–H groups in total. The van der Waals surface area contributed by atoms with Crippen molar-refractivity contribution in [2.75, 3.05) is 6.61 Å². The highest BCUT2D eigenvalue weighted by Crippen LogP contribution is 2.11. The molecular weight excluding hydrogens is 350 g/mol. The number of carbonyl (C=O) groups excluding carboxylic acids is 4. The maximum Gasteiger partial charge on any atom is 0.306 e. The van der Waals surface area contributed by atoms with Crippen molar-refractivity contribution in [1.29, 1.82) is 0 Å². The number of hydrogen-bond donors (Lipinski definition) is 3. The number of rotatable bonds is 10. The van der Waals surface area contributed by atoms with Gasteiger partial charge in [0.05, 0.1) is 13.0 Å². The third kappa shape index (κ3) is 7.89. The molecule has 0 fully saturated rings. The first-order valence-corrected chi connectivity index (χ1v) is 8.80. The number of nitrogens with two attached hydrogens (primary N) is 1. The van der Waals surface area contributed by atoms with Crippen LogP contribution < -0.4 is 16.4 Å². The van der Waals surface area contributed by atoms with Crippen LogP contribution in [-0.4, -0.2) is 42.4 Å². The molecule has 0 aromatic heterocycles. The van der Waals surface area contributed by atoms with Gasteiger partial charge >= 0.3 is 5.97 Å². The predicted octanol–water partition coefficient (Wildman–Crippen LogP) is 0.293. The molecule has 0 bridgehead atoms. The first kappa shape index (κ1) is 22.1. The molecule has 0 heterocycles. The molecule has 0 saturated carbocycles. The number of benzene rings is 1. The molecule has 0 spiro atoms. The molecule has 0 aliphatic heterocycles. The Morgan fingerprint density at radius 3 is 2.26 bits per heavy atom. The fourth-order valence-corrected chi connectivity index (χ4v) is 2.65. The van der Waals surface area contributed by atoms with Crippen molar-refractivity contribution in [3.8, 4) is 0 Å². The summed E-state index contributed by atoms with van der Waals surface area (Å²) in [6.45, 7) is 4.83. The smallest absolute Gasteiger partial charge is 0.306 e. The highest BCUT2D eigenvalue weighted by Gasteiger charge is 2.30. The summed E-state index contributed by atoms with van der Waals surface area (Å²) < 4.78 is 4.87. The van der Waals surface area contributed by atoms with Crippen molar-refractivity contribution in [3.63, 3.8) is 0 Å². The Labute approximate surface area is 158 Å². The first-order valence-electron chi connectivity index (χ1n) is 8.80. The molecule has 1 aromatic rings. The van der Waals surface area contributed by atoms with E-state index in [9.17, 15) is 19.2 Å². The minimum atomic E-state index is -1.06. The van der Waals surface area contributed by atoms with Gasteiger partial charge in [0.1, 0.15) is 12.1 Å². The van der Waals surface area contributed by atoms with Gasteiger partial charge in [-0.15, -0.1) is 0 Å². The van der Waals surface area contributed by atoms with Crippen LogP contribution in [0.25, 0.3) is 0 Å². The van der Waals surface area contributed by atoms with E-state index in [0.717, 1.165) is 5.56 Å². The van der Waals surface area contributed by atoms with Gasteiger partial charge in [0, 0.05) is 13.3 Å². The van der Waals surface area contributed by atoms with Gasteiger partial charge < -0.3 is 21.1 Å². The zero-order valence-corrected chi connectivity index (χ0v) is 15.9. The summed E-state index contributed by atoms with van der Waals surface area (Å²) in [4.78, 5) is 47.6. The van der Waals surface area contributed by atoms with Crippen LogP contribution in [0.1, 0.15) is 32.8 Å². The summed E-state index contributed by atoms with van der Waals surface area (Å²) in [6, 6.07) is 7.22. The quantitative estimate of drug-likeness (QED) is 0.505. The fraction of sp³-hybridized carbons (Fsp3) is 0.474. The molecule has 3 atom stereocenters. The highest BCUT2D eigenvalue weighted by atomic mass is 16.5. The zero-order chi connectivity index (χ0) is 20.4. The van der Waals surface area contributed by atoms with E-state index in [-0.39, 0.29) is 25.4 Å². The number of esters is 1. The minimum Gasteiger partial charge on any atom is -0.466 e. The van der Waals surface area contributed by atoms with Crippen molar-refractivity contribution in [1.82, 2.24) is 10.6 Å². The van der Waals surface area contributed by atoms with E-state index in [1.165, 1.54) is 6.92 Å². The monoisotopic (exact) mass is 377 g/mol. The summed E-state index contributed by atoms with van der Waals surface area (Å²) in [7, 11) is 0. The second-order valence-corrected chi connectivity index (χ2v) is 6.32. The molecule has 1 aromatic carbocycles. The van der Waals surface area contributed by atoms with E-state index < -0.39 is 35.8 Å². The van der Waals surface area contributed by atoms with Crippen molar-refractivity contribution in [2.24, 2.45) is 11.7 Å². The third-order valence-corrected chi connectivity index (χ3v) is 3.94. The van der Waals surface area contributed by atoms with Crippen molar-refractivity contribution in [2.45, 2.75) is 45.7 Å². The van der Waals surface area contributed by atoms with E-state index in [1.807, 2.05) is 30.3 Å². The predicted molar refractivity (Wildman–Crippen MR) is 99.3 cm³/mol. The summed E-state index contributed by atoms with van der Waals surface area (Å²) in [5.41, 5.74) is 6.25. The van der Waals surface area contributed by atoms with E-state index in [1.54, 1.807) is 13.8 Å². The van der Waals surface area contributed by atoms with E-state index in [4.69, 9.17) is 10.5 Å². The number of primary amides is 1. The largest absolute Gasteiger partial charge is 0.466 e. The Kier molecular flexibility index (Phi) is 8.98. The maximum absolute atomic E-state index is 12.7. The van der Waals surface area contributed by atoms with Crippen LogP contribution in [0.4, 0.5) is 0 Å². The van der Waals surface area contributed by atoms with Crippen LogP contribution in [0.3, 0.4) is 0 Å². The molecule has 0 saturated heterocycles. The van der Waals surface area contributed by atoms with Gasteiger partial charge in [-0.05, 0) is 18.4 Å². The molecule has 1 rings (SSSR count).